The van der Waals surface area contributed by atoms with E-state index >= 15 is 0 Å². The Morgan fingerprint density at radius 1 is 1.11 bits per heavy atom. The van der Waals surface area contributed by atoms with Gasteiger partial charge in [0.2, 0.25) is 11.8 Å². The van der Waals surface area contributed by atoms with Crippen molar-refractivity contribution >= 4 is 11.8 Å². The number of hydrogen-bond acceptors (Lipinski definition) is 6. The van der Waals surface area contributed by atoms with Gasteiger partial charge in [0.25, 0.3) is 0 Å². The Balaban J connectivity index is 1.37. The SMILES string of the molecule is C#CCCC1(CCC(=O)N(C2COC2)C(C(=O)NC2CCCCC2)C23CCC(C)(CC2)OC3)N=N1. The number of ether oxygens (including phenoxy) is 2. The maximum atomic E-state index is 14.1. The van der Waals surface area contributed by atoms with E-state index in [-0.39, 0.29) is 34.9 Å². The third-order valence-electron chi connectivity index (χ3n) is 9.16. The van der Waals surface area contributed by atoms with Crippen LogP contribution < -0.4 is 5.32 Å². The number of terminal acetylenes is 1. The van der Waals surface area contributed by atoms with Crippen molar-refractivity contribution in [3.8, 4) is 12.3 Å². The van der Waals surface area contributed by atoms with Crippen LogP contribution in [0.1, 0.15) is 90.4 Å². The molecule has 0 aromatic carbocycles. The minimum absolute atomic E-state index is 0.00547. The van der Waals surface area contributed by atoms with Crippen molar-refractivity contribution in [2.45, 2.75) is 120 Å². The Bertz CT molecular complexity index is 856. The fraction of sp³-hybridized carbons (Fsp3) is 0.852. The molecular weight excluding hydrogens is 444 g/mol. The summed E-state index contributed by atoms with van der Waals surface area (Å²) in [6.45, 7) is 3.66. The molecule has 1 N–H and O–H groups in total. The molecular formula is C27H40N4O4. The van der Waals surface area contributed by atoms with Gasteiger partial charge >= 0.3 is 0 Å². The first kappa shape index (κ1) is 24.7. The van der Waals surface area contributed by atoms with Crippen LogP contribution in [0.3, 0.4) is 0 Å². The fourth-order valence-corrected chi connectivity index (χ4v) is 6.51. The van der Waals surface area contributed by atoms with E-state index in [1.807, 2.05) is 4.90 Å². The lowest BCUT2D eigenvalue weighted by Gasteiger charge is -2.57. The average Bonchev–Trinajstić information content (AvgIpc) is 3.61. The van der Waals surface area contributed by atoms with Gasteiger partial charge in [0.15, 0.2) is 5.66 Å². The lowest BCUT2D eigenvalue weighted by Crippen LogP contribution is -2.69. The number of hydrogen-bond donors (Lipinski definition) is 1. The third kappa shape index (κ3) is 5.13. The van der Waals surface area contributed by atoms with Gasteiger partial charge in [-0.25, -0.2) is 0 Å². The zero-order valence-corrected chi connectivity index (χ0v) is 21.1. The largest absolute Gasteiger partial charge is 0.377 e. The highest BCUT2D eigenvalue weighted by Crippen LogP contribution is 2.52. The summed E-state index contributed by atoms with van der Waals surface area (Å²) in [5, 5.41) is 11.8. The van der Waals surface area contributed by atoms with Gasteiger partial charge in [0, 0.05) is 37.1 Å². The quantitative estimate of drug-likeness (QED) is 0.478. The van der Waals surface area contributed by atoms with E-state index in [0.29, 0.717) is 45.5 Å². The Morgan fingerprint density at radius 3 is 2.37 bits per heavy atom. The second-order valence-corrected chi connectivity index (χ2v) is 11.7. The van der Waals surface area contributed by atoms with Crippen LogP contribution in [0.15, 0.2) is 10.2 Å². The van der Waals surface area contributed by atoms with Crippen molar-refractivity contribution in [2.75, 3.05) is 19.8 Å². The predicted octanol–water partition coefficient (Wildman–Crippen LogP) is 3.74. The topological polar surface area (TPSA) is 92.6 Å². The summed E-state index contributed by atoms with van der Waals surface area (Å²) in [6.07, 6.45) is 16.7. The molecule has 35 heavy (non-hydrogen) atoms. The lowest BCUT2D eigenvalue weighted by molar-refractivity contribution is -0.209. The molecule has 1 unspecified atom stereocenters. The number of fused-ring (bicyclic) bond motifs is 3. The van der Waals surface area contributed by atoms with Gasteiger partial charge < -0.3 is 19.7 Å². The molecule has 2 bridgehead atoms. The minimum Gasteiger partial charge on any atom is -0.377 e. The molecule has 8 heteroatoms. The number of rotatable bonds is 10. The standard InChI is InChI=1S/C27H40N4O4/c1-3-4-11-27(29-30-27)12-10-22(32)31(21-17-34-18-21)23(24(33)28-20-8-6-5-7-9-20)26-15-13-25(2,14-16-26)35-19-26/h1,20-21,23H,4-19H2,2H3,(H,28,33). The van der Waals surface area contributed by atoms with E-state index in [0.717, 1.165) is 51.4 Å². The number of amides is 2. The van der Waals surface area contributed by atoms with Crippen molar-refractivity contribution in [2.24, 2.45) is 15.6 Å². The molecule has 2 amide bonds. The Hall–Kier alpha value is -1.98. The Morgan fingerprint density at radius 2 is 1.83 bits per heavy atom. The van der Waals surface area contributed by atoms with E-state index in [2.05, 4.69) is 28.4 Å². The fourth-order valence-electron chi connectivity index (χ4n) is 6.51. The van der Waals surface area contributed by atoms with Crippen LogP contribution in [0.5, 0.6) is 0 Å². The van der Waals surface area contributed by atoms with E-state index in [1.165, 1.54) is 6.42 Å². The number of nitrogens with one attached hydrogen (secondary N) is 1. The highest BCUT2D eigenvalue weighted by atomic mass is 16.5. The summed E-state index contributed by atoms with van der Waals surface area (Å²) < 4.78 is 11.8. The molecule has 6 rings (SSSR count). The third-order valence-corrected chi connectivity index (χ3v) is 9.16. The Kier molecular flexibility index (Phi) is 6.93. The summed E-state index contributed by atoms with van der Waals surface area (Å²) in [7, 11) is 0. The molecule has 2 saturated carbocycles. The normalized spacial score (nSPS) is 32.3. The molecule has 3 saturated heterocycles. The van der Waals surface area contributed by atoms with Gasteiger partial charge in [-0.2, -0.15) is 10.2 Å². The van der Waals surface area contributed by atoms with Crippen molar-refractivity contribution in [3.63, 3.8) is 0 Å². The summed E-state index contributed by atoms with van der Waals surface area (Å²) in [5.41, 5.74) is -0.960. The number of carbonyl (C=O) groups excluding carboxylic acids is 2. The number of nitrogens with zero attached hydrogens (tertiary/aromatic N) is 3. The molecule has 6 aliphatic rings. The maximum absolute atomic E-state index is 14.1. The minimum atomic E-state index is -0.537. The molecule has 2 aliphatic carbocycles. The second kappa shape index (κ2) is 9.82. The molecule has 0 aromatic rings. The van der Waals surface area contributed by atoms with Gasteiger partial charge in [-0.1, -0.05) is 19.3 Å². The summed E-state index contributed by atoms with van der Waals surface area (Å²) >= 11 is 0. The average molecular weight is 485 g/mol. The van der Waals surface area contributed by atoms with Crippen LogP contribution in [-0.4, -0.2) is 65.9 Å². The molecule has 4 aliphatic heterocycles. The number of carbonyl (C=O) groups is 2. The van der Waals surface area contributed by atoms with Gasteiger partial charge in [0.05, 0.1) is 31.5 Å². The van der Waals surface area contributed by atoms with Crippen molar-refractivity contribution in [3.05, 3.63) is 0 Å². The van der Waals surface area contributed by atoms with E-state index in [1.54, 1.807) is 0 Å². The molecule has 0 spiro atoms. The first-order chi connectivity index (χ1) is 16.9. The molecule has 192 valence electrons. The van der Waals surface area contributed by atoms with Crippen molar-refractivity contribution in [1.29, 1.82) is 0 Å². The summed E-state index contributed by atoms with van der Waals surface area (Å²) in [4.78, 5) is 29.8. The molecule has 8 nitrogen and oxygen atoms in total. The maximum Gasteiger partial charge on any atom is 0.243 e. The second-order valence-electron chi connectivity index (χ2n) is 11.7. The van der Waals surface area contributed by atoms with Gasteiger partial charge in [-0.15, -0.1) is 12.3 Å². The first-order valence-corrected chi connectivity index (χ1v) is 13.6. The molecule has 1 atom stereocenters. The van der Waals surface area contributed by atoms with Crippen molar-refractivity contribution in [1.82, 2.24) is 10.2 Å². The van der Waals surface area contributed by atoms with Crippen LogP contribution in [0.4, 0.5) is 0 Å². The summed E-state index contributed by atoms with van der Waals surface area (Å²) in [6, 6.07) is -0.423. The van der Waals surface area contributed by atoms with Crippen LogP contribution in [-0.2, 0) is 19.1 Å². The van der Waals surface area contributed by atoms with Crippen LogP contribution >= 0.6 is 0 Å². The van der Waals surface area contributed by atoms with Crippen LogP contribution in [0.25, 0.3) is 0 Å². The molecule has 4 heterocycles. The zero-order valence-electron chi connectivity index (χ0n) is 21.1. The summed E-state index contributed by atoms with van der Waals surface area (Å²) in [5.74, 6) is 2.63. The molecule has 0 radical (unpaired) electrons. The molecule has 0 aromatic heterocycles. The van der Waals surface area contributed by atoms with Gasteiger partial charge in [0.1, 0.15) is 6.04 Å². The van der Waals surface area contributed by atoms with E-state index < -0.39 is 11.7 Å². The zero-order chi connectivity index (χ0) is 24.5. The van der Waals surface area contributed by atoms with Crippen LogP contribution in [0.2, 0.25) is 0 Å². The lowest BCUT2D eigenvalue weighted by atomic mass is 9.62. The van der Waals surface area contributed by atoms with Crippen molar-refractivity contribution < 1.29 is 19.1 Å². The highest BCUT2D eigenvalue weighted by molar-refractivity contribution is 5.89. The van der Waals surface area contributed by atoms with E-state index in [4.69, 9.17) is 15.9 Å². The first-order valence-electron chi connectivity index (χ1n) is 13.6. The highest BCUT2D eigenvalue weighted by Gasteiger charge is 2.57. The monoisotopic (exact) mass is 484 g/mol. The van der Waals surface area contributed by atoms with Gasteiger partial charge in [-0.3, -0.25) is 9.59 Å². The Labute approximate surface area is 209 Å². The molecule has 5 fully saturated rings. The van der Waals surface area contributed by atoms with Crippen LogP contribution in [0, 0.1) is 17.8 Å². The smallest absolute Gasteiger partial charge is 0.243 e. The van der Waals surface area contributed by atoms with E-state index in [9.17, 15) is 9.59 Å². The van der Waals surface area contributed by atoms with Gasteiger partial charge in [-0.05, 0) is 45.4 Å². The predicted molar refractivity (Wildman–Crippen MR) is 130 cm³/mol.